The molecule has 1 aromatic heterocycles. The van der Waals surface area contributed by atoms with Gasteiger partial charge in [0.25, 0.3) is 5.91 Å². The molecular weight excluding hydrogens is 510 g/mol. The Labute approximate surface area is 213 Å². The van der Waals surface area contributed by atoms with Crippen LogP contribution in [0.3, 0.4) is 0 Å². The number of amides is 1. The van der Waals surface area contributed by atoms with Crippen molar-refractivity contribution in [2.45, 2.75) is 32.0 Å². The Morgan fingerprint density at radius 1 is 1.16 bits per heavy atom. The topological polar surface area (TPSA) is 143 Å². The van der Waals surface area contributed by atoms with E-state index in [4.69, 9.17) is 9.15 Å². The number of halogens is 2. The Morgan fingerprint density at radius 3 is 2.57 bits per heavy atom. The molecule has 200 valence electrons. The molecule has 37 heavy (non-hydrogen) atoms. The minimum Gasteiger partial charge on any atom is -0.497 e. The number of hydrogen-bond acceptors (Lipinski definition) is 8. The zero-order chi connectivity index (χ0) is 27.0. The maximum absolute atomic E-state index is 13.7. The maximum atomic E-state index is 13.7. The lowest BCUT2D eigenvalue weighted by Crippen LogP contribution is -2.48. The lowest BCUT2D eigenvalue weighted by atomic mass is 10.0. The quantitative estimate of drug-likeness (QED) is 0.260. The van der Waals surface area contributed by atoms with Gasteiger partial charge in [0, 0.05) is 19.2 Å². The van der Waals surface area contributed by atoms with Crippen LogP contribution in [0, 0.1) is 11.6 Å². The van der Waals surface area contributed by atoms with Crippen LogP contribution in [0.5, 0.6) is 5.75 Å². The van der Waals surface area contributed by atoms with E-state index in [0.717, 1.165) is 30.0 Å². The van der Waals surface area contributed by atoms with Crippen LogP contribution in [0.15, 0.2) is 53.1 Å². The molecule has 10 nitrogen and oxygen atoms in total. The summed E-state index contributed by atoms with van der Waals surface area (Å²) in [6.45, 7) is 1.83. The van der Waals surface area contributed by atoms with Gasteiger partial charge in [0.05, 0.1) is 25.0 Å². The molecule has 3 aromatic rings. The summed E-state index contributed by atoms with van der Waals surface area (Å²) in [7, 11) is -2.12. The summed E-state index contributed by atoms with van der Waals surface area (Å²) < 4.78 is 63.1. The van der Waals surface area contributed by atoms with Crippen molar-refractivity contribution in [2.24, 2.45) is 0 Å². The third-order valence-electron chi connectivity index (χ3n) is 5.34. The van der Waals surface area contributed by atoms with E-state index in [0.29, 0.717) is 12.3 Å². The molecule has 0 saturated heterocycles. The third-order valence-corrected chi connectivity index (χ3v) is 6.58. The first-order valence-corrected chi connectivity index (χ1v) is 13.0. The monoisotopic (exact) mass is 538 g/mol. The van der Waals surface area contributed by atoms with Crippen molar-refractivity contribution in [1.82, 2.24) is 15.6 Å². The molecule has 1 heterocycles. The van der Waals surface area contributed by atoms with Crippen LogP contribution in [0.2, 0.25) is 0 Å². The second-order valence-electron chi connectivity index (χ2n) is 8.15. The smallest absolute Gasteiger partial charge is 0.309 e. The number of nitrogens with zero attached hydrogens (tertiary/aromatic N) is 1. The molecule has 4 N–H and O–H groups in total. The zero-order valence-electron chi connectivity index (χ0n) is 20.2. The molecule has 0 radical (unpaired) electrons. The van der Waals surface area contributed by atoms with Crippen molar-refractivity contribution < 1.29 is 36.3 Å². The number of carbonyl (C=O) groups excluding carboxylic acids is 1. The number of rotatable bonds is 13. The van der Waals surface area contributed by atoms with Gasteiger partial charge in [0.15, 0.2) is 5.69 Å². The first kappa shape index (κ1) is 28.0. The highest BCUT2D eigenvalue weighted by Gasteiger charge is 2.25. The fraction of sp³-hybridized carbons (Fsp3) is 0.333. The van der Waals surface area contributed by atoms with Gasteiger partial charge in [-0.05, 0) is 48.7 Å². The summed E-state index contributed by atoms with van der Waals surface area (Å²) in [5, 5.41) is 16.5. The van der Waals surface area contributed by atoms with Crippen molar-refractivity contribution in [3.8, 4) is 5.75 Å². The Kier molecular flexibility index (Phi) is 9.55. The summed E-state index contributed by atoms with van der Waals surface area (Å²) in [5.74, 6) is -1.92. The van der Waals surface area contributed by atoms with Crippen LogP contribution in [0.1, 0.15) is 28.5 Å². The van der Waals surface area contributed by atoms with E-state index >= 15 is 0 Å². The molecule has 0 spiro atoms. The van der Waals surface area contributed by atoms with Crippen LogP contribution in [-0.4, -0.2) is 56.0 Å². The highest BCUT2D eigenvalue weighted by atomic mass is 32.2. The van der Waals surface area contributed by atoms with E-state index in [1.54, 1.807) is 13.2 Å². The van der Waals surface area contributed by atoms with Crippen molar-refractivity contribution in [3.05, 3.63) is 77.2 Å². The number of benzene rings is 2. The highest BCUT2D eigenvalue weighted by Crippen LogP contribution is 2.15. The summed E-state index contributed by atoms with van der Waals surface area (Å²) in [6, 6.07) is 8.85. The lowest BCUT2D eigenvalue weighted by Gasteiger charge is -2.24. The number of carbonyl (C=O) groups is 1. The Balaban J connectivity index is 1.71. The van der Waals surface area contributed by atoms with Crippen LogP contribution in [0.4, 0.5) is 14.8 Å². The normalized spacial score (nSPS) is 13.1. The second kappa shape index (κ2) is 12.6. The van der Waals surface area contributed by atoms with E-state index in [-0.39, 0.29) is 30.0 Å². The van der Waals surface area contributed by atoms with Gasteiger partial charge in [0.2, 0.25) is 10.0 Å². The molecule has 2 atom stereocenters. The number of oxazole rings is 1. The number of methoxy groups -OCH3 is 1. The minimum atomic E-state index is -3.67. The Hall–Kier alpha value is -3.55. The molecule has 0 aliphatic carbocycles. The van der Waals surface area contributed by atoms with Gasteiger partial charge < -0.3 is 24.9 Å². The Morgan fingerprint density at radius 2 is 1.89 bits per heavy atom. The fourth-order valence-corrected chi connectivity index (χ4v) is 3.93. The van der Waals surface area contributed by atoms with Gasteiger partial charge in [-0.1, -0.05) is 12.1 Å². The Bertz CT molecular complexity index is 1300. The van der Waals surface area contributed by atoms with Crippen LogP contribution < -0.4 is 20.1 Å². The molecular formula is C24H28F2N4O6S. The lowest BCUT2D eigenvalue weighted by molar-refractivity contribution is 0.0825. The van der Waals surface area contributed by atoms with Crippen molar-refractivity contribution >= 4 is 21.9 Å². The number of aliphatic hydroxyl groups excluding tert-OH is 1. The molecule has 3 rings (SSSR count). The zero-order valence-corrected chi connectivity index (χ0v) is 21.0. The van der Waals surface area contributed by atoms with E-state index in [2.05, 4.69) is 20.3 Å². The largest absolute Gasteiger partial charge is 0.497 e. The minimum absolute atomic E-state index is 0.0281. The average molecular weight is 539 g/mol. The van der Waals surface area contributed by atoms with E-state index < -0.39 is 45.7 Å². The summed E-state index contributed by atoms with van der Waals surface area (Å²) in [5.41, 5.74) is 0.857. The van der Waals surface area contributed by atoms with Gasteiger partial charge in [-0.3, -0.25) is 4.79 Å². The molecule has 0 aliphatic rings. The van der Waals surface area contributed by atoms with Gasteiger partial charge in [-0.15, -0.1) is 0 Å². The standard InChI is InChI=1S/C24H28F2N4O6S/c1-3-37(33,34)30-24-29-21(14-36-24)23(32)28-20(10-16-7-17(25)11-18(26)8-16)22(31)13-27-12-15-5-4-6-19(9-15)35-2/h4-9,11,14,20,22,27,31H,3,10,12-13H2,1-2H3,(H,28,32)(H,29,30)/t20-,22+/m0/s1. The SMILES string of the molecule is CCS(=O)(=O)Nc1nc(C(=O)N[C@@H](Cc2cc(F)cc(F)c2)[C@H](O)CNCc2cccc(OC)c2)co1. The maximum Gasteiger partial charge on any atom is 0.309 e. The first-order valence-electron chi connectivity index (χ1n) is 11.3. The molecule has 0 bridgehead atoms. The number of aliphatic hydroxyl groups is 1. The van der Waals surface area contributed by atoms with Crippen molar-refractivity contribution in [3.63, 3.8) is 0 Å². The average Bonchev–Trinajstić information content (AvgIpc) is 3.31. The van der Waals surface area contributed by atoms with E-state index in [9.17, 15) is 27.1 Å². The number of aromatic nitrogens is 1. The predicted molar refractivity (Wildman–Crippen MR) is 132 cm³/mol. The second-order valence-corrected chi connectivity index (χ2v) is 10.2. The van der Waals surface area contributed by atoms with Crippen LogP contribution >= 0.6 is 0 Å². The molecule has 2 aromatic carbocycles. The molecule has 0 fully saturated rings. The summed E-state index contributed by atoms with van der Waals surface area (Å²) in [6.07, 6.45) is -0.323. The molecule has 13 heteroatoms. The van der Waals surface area contributed by atoms with Crippen LogP contribution in [0.25, 0.3) is 0 Å². The number of ether oxygens (including phenoxy) is 1. The fourth-order valence-electron chi connectivity index (χ4n) is 3.43. The summed E-state index contributed by atoms with van der Waals surface area (Å²) in [4.78, 5) is 16.6. The highest BCUT2D eigenvalue weighted by molar-refractivity contribution is 7.92. The van der Waals surface area contributed by atoms with Crippen molar-refractivity contribution in [1.29, 1.82) is 0 Å². The predicted octanol–water partition coefficient (Wildman–Crippen LogP) is 2.21. The number of hydrogen-bond donors (Lipinski definition) is 4. The first-order chi connectivity index (χ1) is 17.6. The molecule has 0 saturated carbocycles. The number of nitrogens with one attached hydrogen (secondary N) is 3. The molecule has 1 amide bonds. The van der Waals surface area contributed by atoms with Gasteiger partial charge in [0.1, 0.15) is 23.6 Å². The molecule has 0 unspecified atom stereocenters. The third kappa shape index (κ3) is 8.51. The van der Waals surface area contributed by atoms with Gasteiger partial charge in [-0.25, -0.2) is 21.9 Å². The number of anilines is 1. The summed E-state index contributed by atoms with van der Waals surface area (Å²) >= 11 is 0. The van der Waals surface area contributed by atoms with E-state index in [1.165, 1.54) is 6.92 Å². The van der Waals surface area contributed by atoms with Crippen molar-refractivity contribution in [2.75, 3.05) is 24.1 Å². The van der Waals surface area contributed by atoms with Crippen LogP contribution in [-0.2, 0) is 23.0 Å². The van der Waals surface area contributed by atoms with Gasteiger partial charge in [-0.2, -0.15) is 4.98 Å². The van der Waals surface area contributed by atoms with E-state index in [1.807, 2.05) is 18.2 Å². The van der Waals surface area contributed by atoms with Gasteiger partial charge >= 0.3 is 6.01 Å². The molecule has 0 aliphatic heterocycles. The number of sulfonamides is 1.